The molecule has 2 fully saturated rings. The summed E-state index contributed by atoms with van der Waals surface area (Å²) in [6, 6.07) is 0. The number of unbranched alkanes of at least 4 members (excludes halogenated alkanes) is 2. The van der Waals surface area contributed by atoms with Gasteiger partial charge in [0.2, 0.25) is 0 Å². The van der Waals surface area contributed by atoms with Gasteiger partial charge in [0.1, 0.15) is 5.78 Å². The van der Waals surface area contributed by atoms with Crippen LogP contribution in [0.3, 0.4) is 0 Å². The topological polar surface area (TPSA) is 63.6 Å². The summed E-state index contributed by atoms with van der Waals surface area (Å²) in [6.07, 6.45) is 6.30. The Morgan fingerprint density at radius 1 is 1.11 bits per heavy atom. The maximum atomic E-state index is 12.1. The number of hydrogen-bond donors (Lipinski definition) is 1. The minimum atomic E-state index is -0.388. The highest BCUT2D eigenvalue weighted by Gasteiger charge is 2.49. The van der Waals surface area contributed by atoms with E-state index in [1.807, 2.05) is 0 Å². The minimum absolute atomic E-state index is 0.0978. The fraction of sp³-hybridized carbons (Fsp3) is 0.867. The van der Waals surface area contributed by atoms with Gasteiger partial charge in [0.05, 0.1) is 13.2 Å². The normalized spacial score (nSPS) is 32.5. The molecule has 4 heteroatoms. The van der Waals surface area contributed by atoms with Gasteiger partial charge in [0.25, 0.3) is 0 Å². The van der Waals surface area contributed by atoms with Crippen molar-refractivity contribution < 1.29 is 19.4 Å². The number of carbonyl (C=O) groups is 2. The molecule has 1 N–H and O–H groups in total. The van der Waals surface area contributed by atoms with Crippen LogP contribution in [-0.4, -0.2) is 30.1 Å². The Morgan fingerprint density at radius 3 is 2.42 bits per heavy atom. The Labute approximate surface area is 114 Å². The highest BCUT2D eigenvalue weighted by Crippen LogP contribution is 2.49. The third kappa shape index (κ3) is 3.35. The molecule has 2 aliphatic carbocycles. The van der Waals surface area contributed by atoms with Crippen molar-refractivity contribution in [2.45, 2.75) is 57.5 Å². The van der Waals surface area contributed by atoms with Crippen LogP contribution in [0.2, 0.25) is 0 Å². The minimum Gasteiger partial charge on any atom is -0.469 e. The van der Waals surface area contributed by atoms with E-state index >= 15 is 0 Å². The molecule has 2 aliphatic rings. The third-order valence-corrected chi connectivity index (χ3v) is 4.78. The second kappa shape index (κ2) is 6.51. The van der Waals surface area contributed by atoms with Gasteiger partial charge in [-0.05, 0) is 43.9 Å². The first kappa shape index (κ1) is 14.5. The summed E-state index contributed by atoms with van der Waals surface area (Å²) in [5, 5.41) is 10.1. The smallest absolute Gasteiger partial charge is 0.305 e. The molecular weight excluding hydrogens is 244 g/mol. The molecule has 0 saturated heterocycles. The zero-order chi connectivity index (χ0) is 13.8. The van der Waals surface area contributed by atoms with Gasteiger partial charge in [0.15, 0.2) is 0 Å². The van der Waals surface area contributed by atoms with E-state index in [4.69, 9.17) is 0 Å². The number of ether oxygens (including phenoxy) is 1. The van der Waals surface area contributed by atoms with E-state index in [1.54, 1.807) is 0 Å². The second-order valence-corrected chi connectivity index (χ2v) is 5.95. The first-order chi connectivity index (χ1) is 9.13. The van der Waals surface area contributed by atoms with Gasteiger partial charge in [-0.1, -0.05) is 6.42 Å². The standard InChI is InChI=1S/C15H24O4/c1-19-13(17)6-4-2-3-5-12(16)14-10-7-8-11(9-10)15(14)18/h10-11,14-15,18H,2-9H2,1H3/t10-,11+,14+,15-/m0/s1. The van der Waals surface area contributed by atoms with Crippen LogP contribution >= 0.6 is 0 Å². The largest absolute Gasteiger partial charge is 0.469 e. The van der Waals surface area contributed by atoms with Crippen LogP contribution in [0.4, 0.5) is 0 Å². The van der Waals surface area contributed by atoms with Gasteiger partial charge in [-0.3, -0.25) is 9.59 Å². The molecule has 2 saturated carbocycles. The number of rotatable bonds is 7. The molecule has 0 heterocycles. The number of Topliss-reactive ketones (excluding diaryl/α,β-unsaturated/α-hetero) is 1. The van der Waals surface area contributed by atoms with Gasteiger partial charge < -0.3 is 9.84 Å². The van der Waals surface area contributed by atoms with Crippen molar-refractivity contribution in [2.75, 3.05) is 7.11 Å². The van der Waals surface area contributed by atoms with Crippen LogP contribution in [-0.2, 0) is 14.3 Å². The third-order valence-electron chi connectivity index (χ3n) is 4.78. The summed E-state index contributed by atoms with van der Waals surface area (Å²) in [7, 11) is 1.39. The van der Waals surface area contributed by atoms with Crippen molar-refractivity contribution in [3.63, 3.8) is 0 Å². The van der Waals surface area contributed by atoms with Crippen molar-refractivity contribution in [3.8, 4) is 0 Å². The average Bonchev–Trinajstić information content (AvgIpc) is 2.98. The highest BCUT2D eigenvalue weighted by molar-refractivity contribution is 5.82. The predicted molar refractivity (Wildman–Crippen MR) is 70.4 cm³/mol. The van der Waals surface area contributed by atoms with Crippen molar-refractivity contribution >= 4 is 11.8 Å². The van der Waals surface area contributed by atoms with Crippen molar-refractivity contribution in [3.05, 3.63) is 0 Å². The Hall–Kier alpha value is -0.900. The van der Waals surface area contributed by atoms with Gasteiger partial charge in [-0.2, -0.15) is 0 Å². The van der Waals surface area contributed by atoms with E-state index in [-0.39, 0.29) is 23.8 Å². The van der Waals surface area contributed by atoms with Crippen molar-refractivity contribution in [2.24, 2.45) is 17.8 Å². The lowest BCUT2D eigenvalue weighted by Crippen LogP contribution is -2.33. The Balaban J connectivity index is 1.64. The van der Waals surface area contributed by atoms with Crippen molar-refractivity contribution in [1.82, 2.24) is 0 Å². The predicted octanol–water partition coefficient (Wildman–Crippen LogP) is 2.09. The summed E-state index contributed by atoms with van der Waals surface area (Å²) in [5.41, 5.74) is 0. The molecular formula is C15H24O4. The van der Waals surface area contributed by atoms with E-state index < -0.39 is 0 Å². The number of esters is 1. The maximum absolute atomic E-state index is 12.1. The number of ketones is 1. The first-order valence-electron chi connectivity index (χ1n) is 7.41. The fourth-order valence-corrected chi connectivity index (χ4v) is 3.73. The molecule has 2 bridgehead atoms. The molecule has 0 aromatic rings. The second-order valence-electron chi connectivity index (χ2n) is 5.95. The molecule has 0 aromatic heterocycles. The number of aliphatic hydroxyl groups excluding tert-OH is 1. The summed E-state index contributed by atoms with van der Waals surface area (Å²) in [6.45, 7) is 0. The molecule has 19 heavy (non-hydrogen) atoms. The molecule has 0 spiro atoms. The molecule has 4 nitrogen and oxygen atoms in total. The Bertz CT molecular complexity index is 337. The zero-order valence-corrected chi connectivity index (χ0v) is 11.6. The molecule has 0 aliphatic heterocycles. The highest BCUT2D eigenvalue weighted by atomic mass is 16.5. The van der Waals surface area contributed by atoms with Gasteiger partial charge in [-0.25, -0.2) is 0 Å². The monoisotopic (exact) mass is 268 g/mol. The number of fused-ring (bicyclic) bond motifs is 2. The molecule has 4 atom stereocenters. The van der Waals surface area contributed by atoms with Crippen LogP contribution < -0.4 is 0 Å². The Morgan fingerprint density at radius 2 is 1.79 bits per heavy atom. The number of aliphatic hydroxyl groups is 1. The fourth-order valence-electron chi connectivity index (χ4n) is 3.73. The summed E-state index contributed by atoms with van der Waals surface area (Å²) in [5.74, 6) is 0.757. The van der Waals surface area contributed by atoms with Gasteiger partial charge in [0, 0.05) is 18.8 Å². The molecule has 108 valence electrons. The van der Waals surface area contributed by atoms with E-state index in [0.717, 1.165) is 38.5 Å². The van der Waals surface area contributed by atoms with E-state index in [1.165, 1.54) is 7.11 Å². The molecule has 0 radical (unpaired) electrons. The van der Waals surface area contributed by atoms with E-state index in [9.17, 15) is 14.7 Å². The molecule has 0 unspecified atom stereocenters. The lowest BCUT2D eigenvalue weighted by molar-refractivity contribution is -0.140. The number of methoxy groups -OCH3 is 1. The number of carbonyl (C=O) groups excluding carboxylic acids is 2. The summed E-state index contributed by atoms with van der Waals surface area (Å²) in [4.78, 5) is 23.1. The lowest BCUT2D eigenvalue weighted by Gasteiger charge is -2.25. The van der Waals surface area contributed by atoms with Crippen LogP contribution in [0, 0.1) is 17.8 Å². The molecule has 0 aromatic carbocycles. The SMILES string of the molecule is COC(=O)CCCCCC(=O)[C@H]1[C@H]2CC[C@H](C2)[C@@H]1O. The van der Waals surface area contributed by atoms with Crippen LogP contribution in [0.25, 0.3) is 0 Å². The Kier molecular flexibility index (Phi) is 4.97. The van der Waals surface area contributed by atoms with Crippen LogP contribution in [0.5, 0.6) is 0 Å². The summed E-state index contributed by atoms with van der Waals surface area (Å²) >= 11 is 0. The number of hydrogen-bond acceptors (Lipinski definition) is 4. The van der Waals surface area contributed by atoms with Crippen molar-refractivity contribution in [1.29, 1.82) is 0 Å². The van der Waals surface area contributed by atoms with Gasteiger partial charge in [-0.15, -0.1) is 0 Å². The van der Waals surface area contributed by atoms with Crippen LogP contribution in [0.1, 0.15) is 51.4 Å². The summed E-state index contributed by atoms with van der Waals surface area (Å²) < 4.78 is 4.57. The molecule has 2 rings (SSSR count). The first-order valence-corrected chi connectivity index (χ1v) is 7.41. The quantitative estimate of drug-likeness (QED) is 0.567. The van der Waals surface area contributed by atoms with Crippen LogP contribution in [0.15, 0.2) is 0 Å². The maximum Gasteiger partial charge on any atom is 0.305 e. The van der Waals surface area contributed by atoms with Gasteiger partial charge >= 0.3 is 5.97 Å². The average molecular weight is 268 g/mol. The lowest BCUT2D eigenvalue weighted by atomic mass is 9.82. The van der Waals surface area contributed by atoms with E-state index in [0.29, 0.717) is 24.7 Å². The van der Waals surface area contributed by atoms with E-state index in [2.05, 4.69) is 4.74 Å². The zero-order valence-electron chi connectivity index (χ0n) is 11.6. The molecule has 0 amide bonds.